The summed E-state index contributed by atoms with van der Waals surface area (Å²) in [6.07, 6.45) is 4.59. The molecule has 0 spiro atoms. The number of ether oxygens (including phenoxy) is 2. The number of hydrogen-bond acceptors (Lipinski definition) is 4. The van der Waals surface area contributed by atoms with Crippen molar-refractivity contribution in [2.45, 2.75) is 51.6 Å². The van der Waals surface area contributed by atoms with E-state index in [0.29, 0.717) is 25.2 Å². The van der Waals surface area contributed by atoms with Gasteiger partial charge in [-0.2, -0.15) is 0 Å². The maximum Gasteiger partial charge on any atom is 0.332 e. The lowest BCUT2D eigenvalue weighted by Crippen LogP contribution is -2.25. The third-order valence-electron chi connectivity index (χ3n) is 2.69. The van der Waals surface area contributed by atoms with Gasteiger partial charge in [-0.25, -0.2) is 4.79 Å². The number of unbranched alkanes of at least 4 members (excludes halogenated alkanes) is 1. The van der Waals surface area contributed by atoms with Gasteiger partial charge in [0.05, 0.1) is 12.7 Å². The molecular weight excluding hydrogens is 208 g/mol. The zero-order chi connectivity index (χ0) is 11.8. The molecule has 0 aromatic heterocycles. The maximum atomic E-state index is 11.2. The molecule has 1 aliphatic carbocycles. The average molecular weight is 228 g/mol. The zero-order valence-corrected chi connectivity index (χ0v) is 9.87. The van der Waals surface area contributed by atoms with E-state index in [1.54, 1.807) is 0 Å². The quantitative estimate of drug-likeness (QED) is 0.514. The highest BCUT2D eigenvalue weighted by atomic mass is 16.6. The Morgan fingerprint density at radius 1 is 1.38 bits per heavy atom. The van der Waals surface area contributed by atoms with Crippen molar-refractivity contribution in [1.82, 2.24) is 0 Å². The van der Waals surface area contributed by atoms with E-state index in [1.165, 1.54) is 0 Å². The van der Waals surface area contributed by atoms with Gasteiger partial charge in [0.15, 0.2) is 0 Å². The third-order valence-corrected chi connectivity index (χ3v) is 2.69. The third kappa shape index (κ3) is 5.26. The second-order valence-electron chi connectivity index (χ2n) is 4.12. The van der Waals surface area contributed by atoms with E-state index in [-0.39, 0.29) is 18.7 Å². The fraction of sp³-hybridized carbons (Fsp3) is 0.833. The second-order valence-corrected chi connectivity index (χ2v) is 4.12. The Bertz CT molecular complexity index is 227. The first-order valence-corrected chi connectivity index (χ1v) is 6.01. The van der Waals surface area contributed by atoms with Gasteiger partial charge in [-0.05, 0) is 19.3 Å². The summed E-state index contributed by atoms with van der Waals surface area (Å²) in [5.74, 6) is -0.00396. The first-order chi connectivity index (χ1) is 7.72. The summed E-state index contributed by atoms with van der Waals surface area (Å²) >= 11 is 0. The van der Waals surface area contributed by atoms with E-state index in [4.69, 9.17) is 9.47 Å². The smallest absolute Gasteiger partial charge is 0.332 e. The predicted octanol–water partition coefficient (Wildman–Crippen LogP) is 1.86. The van der Waals surface area contributed by atoms with E-state index in [1.807, 2.05) is 6.92 Å². The summed E-state index contributed by atoms with van der Waals surface area (Å²) in [6, 6.07) is 0. The minimum atomic E-state index is -0.301. The van der Waals surface area contributed by atoms with E-state index in [2.05, 4.69) is 0 Å². The normalized spacial score (nSPS) is 17.4. The van der Waals surface area contributed by atoms with Crippen molar-refractivity contribution in [1.29, 1.82) is 0 Å². The minimum absolute atomic E-state index is 0.0164. The van der Waals surface area contributed by atoms with Crippen molar-refractivity contribution in [3.05, 3.63) is 0 Å². The van der Waals surface area contributed by atoms with Gasteiger partial charge in [0.2, 0.25) is 0 Å². The predicted molar refractivity (Wildman–Crippen MR) is 59.1 cm³/mol. The molecule has 0 saturated heterocycles. The molecule has 0 aliphatic heterocycles. The Hall–Kier alpha value is -0.900. The van der Waals surface area contributed by atoms with Crippen LogP contribution in [0, 0.1) is 0 Å². The number of ketones is 1. The molecule has 0 N–H and O–H groups in total. The highest BCUT2D eigenvalue weighted by molar-refractivity contribution is 5.79. The first kappa shape index (κ1) is 13.2. The molecule has 4 nitrogen and oxygen atoms in total. The van der Waals surface area contributed by atoms with Crippen molar-refractivity contribution in [3.63, 3.8) is 0 Å². The van der Waals surface area contributed by atoms with Crippen LogP contribution in [-0.4, -0.2) is 31.1 Å². The van der Waals surface area contributed by atoms with Gasteiger partial charge in [0.1, 0.15) is 12.4 Å². The van der Waals surface area contributed by atoms with Crippen LogP contribution in [0.5, 0.6) is 0 Å². The van der Waals surface area contributed by atoms with Gasteiger partial charge in [-0.15, -0.1) is 0 Å². The molecule has 1 rings (SSSR count). The number of carbonyl (C=O) groups excluding carboxylic acids is 2. The number of carbonyl (C=O) groups is 2. The van der Waals surface area contributed by atoms with Crippen molar-refractivity contribution in [2.24, 2.45) is 0 Å². The molecule has 0 aromatic rings. The van der Waals surface area contributed by atoms with Crippen LogP contribution >= 0.6 is 0 Å². The fourth-order valence-electron chi connectivity index (χ4n) is 1.64. The van der Waals surface area contributed by atoms with Crippen LogP contribution < -0.4 is 0 Å². The molecule has 0 amide bonds. The monoisotopic (exact) mass is 228 g/mol. The van der Waals surface area contributed by atoms with Gasteiger partial charge in [0.25, 0.3) is 0 Å². The molecule has 0 radical (unpaired) electrons. The van der Waals surface area contributed by atoms with Crippen molar-refractivity contribution >= 4 is 11.8 Å². The van der Waals surface area contributed by atoms with Crippen LogP contribution in [0.2, 0.25) is 0 Å². The largest absolute Gasteiger partial charge is 0.464 e. The minimum Gasteiger partial charge on any atom is -0.464 e. The molecule has 1 fully saturated rings. The van der Waals surface area contributed by atoms with Crippen LogP contribution in [-0.2, 0) is 19.1 Å². The van der Waals surface area contributed by atoms with Gasteiger partial charge in [0, 0.05) is 12.8 Å². The van der Waals surface area contributed by atoms with Crippen LogP contribution in [0.4, 0.5) is 0 Å². The lowest BCUT2D eigenvalue weighted by atomic mass is 9.97. The summed E-state index contributed by atoms with van der Waals surface area (Å²) in [5, 5.41) is 0. The Kier molecular flexibility index (Phi) is 6.08. The molecule has 4 heteroatoms. The molecule has 0 heterocycles. The van der Waals surface area contributed by atoms with Crippen molar-refractivity contribution in [2.75, 3.05) is 13.2 Å². The summed E-state index contributed by atoms with van der Waals surface area (Å²) in [7, 11) is 0. The SMILES string of the molecule is CCCCOC(=O)COC1CCC(=O)CC1. The van der Waals surface area contributed by atoms with Crippen LogP contribution in [0.3, 0.4) is 0 Å². The Morgan fingerprint density at radius 3 is 2.69 bits per heavy atom. The number of esters is 1. The van der Waals surface area contributed by atoms with E-state index < -0.39 is 0 Å². The van der Waals surface area contributed by atoms with Crippen LogP contribution in [0.15, 0.2) is 0 Å². The molecule has 0 bridgehead atoms. The van der Waals surface area contributed by atoms with Gasteiger partial charge >= 0.3 is 5.97 Å². The average Bonchev–Trinajstić information content (AvgIpc) is 2.29. The summed E-state index contributed by atoms with van der Waals surface area (Å²) in [6.45, 7) is 2.54. The lowest BCUT2D eigenvalue weighted by Gasteiger charge is -2.20. The fourth-order valence-corrected chi connectivity index (χ4v) is 1.64. The second kappa shape index (κ2) is 7.39. The molecule has 0 aromatic carbocycles. The summed E-state index contributed by atoms with van der Waals surface area (Å²) in [5.41, 5.74) is 0. The number of rotatable bonds is 6. The highest BCUT2D eigenvalue weighted by Crippen LogP contribution is 2.17. The molecular formula is C12H20O4. The highest BCUT2D eigenvalue weighted by Gasteiger charge is 2.20. The molecule has 0 unspecified atom stereocenters. The standard InChI is InChI=1S/C12H20O4/c1-2-3-8-15-12(14)9-16-11-6-4-10(13)5-7-11/h11H,2-9H2,1H3. The summed E-state index contributed by atoms with van der Waals surface area (Å²) < 4.78 is 10.4. The van der Waals surface area contributed by atoms with Gasteiger partial charge < -0.3 is 9.47 Å². The van der Waals surface area contributed by atoms with Crippen LogP contribution in [0.25, 0.3) is 0 Å². The van der Waals surface area contributed by atoms with Gasteiger partial charge in [-0.1, -0.05) is 13.3 Å². The van der Waals surface area contributed by atoms with E-state index in [0.717, 1.165) is 25.7 Å². The number of hydrogen-bond donors (Lipinski definition) is 0. The Labute approximate surface area is 96.3 Å². The zero-order valence-electron chi connectivity index (χ0n) is 9.87. The number of Topliss-reactive ketones (excluding diaryl/α,β-unsaturated/α-hetero) is 1. The van der Waals surface area contributed by atoms with Crippen LogP contribution in [0.1, 0.15) is 45.4 Å². The molecule has 0 atom stereocenters. The van der Waals surface area contributed by atoms with E-state index in [9.17, 15) is 9.59 Å². The van der Waals surface area contributed by atoms with Crippen molar-refractivity contribution in [3.8, 4) is 0 Å². The molecule has 16 heavy (non-hydrogen) atoms. The first-order valence-electron chi connectivity index (χ1n) is 6.01. The van der Waals surface area contributed by atoms with Crippen molar-refractivity contribution < 1.29 is 19.1 Å². The Balaban J connectivity index is 2.05. The Morgan fingerprint density at radius 2 is 2.06 bits per heavy atom. The maximum absolute atomic E-state index is 11.2. The van der Waals surface area contributed by atoms with Gasteiger partial charge in [-0.3, -0.25) is 4.79 Å². The molecule has 1 aliphatic rings. The molecule has 92 valence electrons. The topological polar surface area (TPSA) is 52.6 Å². The lowest BCUT2D eigenvalue weighted by molar-refractivity contribution is -0.152. The summed E-state index contributed by atoms with van der Waals surface area (Å²) in [4.78, 5) is 22.2. The van der Waals surface area contributed by atoms with E-state index >= 15 is 0 Å². The molecule has 1 saturated carbocycles.